The molecule has 4 rings (SSSR count). The van der Waals surface area contributed by atoms with Crippen LogP contribution in [0.4, 0.5) is 24.8 Å². The molecule has 0 radical (unpaired) electrons. The van der Waals surface area contributed by atoms with Crippen LogP contribution in [0.25, 0.3) is 10.9 Å². The highest BCUT2D eigenvalue weighted by atomic mass is 79.9. The predicted molar refractivity (Wildman–Crippen MR) is 123 cm³/mol. The molecule has 0 unspecified atom stereocenters. The van der Waals surface area contributed by atoms with E-state index in [2.05, 4.69) is 40.8 Å². The highest BCUT2D eigenvalue weighted by Crippen LogP contribution is 2.27. The first-order valence-electron chi connectivity index (χ1n) is 9.77. The average molecular weight is 562 g/mol. The number of rotatable bonds is 4. The van der Waals surface area contributed by atoms with E-state index in [4.69, 9.17) is 9.90 Å². The van der Waals surface area contributed by atoms with Gasteiger partial charge in [-0.25, -0.2) is 18.2 Å². The minimum Gasteiger partial charge on any atom is -0.475 e. The summed E-state index contributed by atoms with van der Waals surface area (Å²) in [6.45, 7) is 3.29. The largest absolute Gasteiger partial charge is 0.490 e. The van der Waals surface area contributed by atoms with E-state index in [1.54, 1.807) is 36.5 Å². The first-order chi connectivity index (χ1) is 16.0. The Morgan fingerprint density at radius 3 is 2.35 bits per heavy atom. The van der Waals surface area contributed by atoms with Gasteiger partial charge in [-0.05, 0) is 36.4 Å². The van der Waals surface area contributed by atoms with E-state index in [9.17, 15) is 21.6 Å². The fourth-order valence-corrected chi connectivity index (χ4v) is 4.28. The number of carboxylic acid groups (broad SMARTS) is 1. The van der Waals surface area contributed by atoms with E-state index in [0.29, 0.717) is 5.82 Å². The number of carboxylic acids is 1. The molecule has 2 aromatic heterocycles. The van der Waals surface area contributed by atoms with Crippen LogP contribution in [0, 0.1) is 0 Å². The van der Waals surface area contributed by atoms with E-state index >= 15 is 0 Å². The zero-order valence-corrected chi connectivity index (χ0v) is 19.8. The van der Waals surface area contributed by atoms with E-state index in [1.807, 2.05) is 12.1 Å². The van der Waals surface area contributed by atoms with Gasteiger partial charge in [-0.2, -0.15) is 13.2 Å². The van der Waals surface area contributed by atoms with Crippen molar-refractivity contribution >= 4 is 54.5 Å². The number of halogens is 4. The molecule has 1 saturated heterocycles. The molecule has 3 heterocycles. The Balaban J connectivity index is 0.000000406. The molecule has 1 fully saturated rings. The third kappa shape index (κ3) is 6.55. The number of piperazine rings is 1. The second-order valence-corrected chi connectivity index (χ2v) is 9.60. The molecule has 0 spiro atoms. The third-order valence-corrected chi connectivity index (χ3v) is 6.49. The molecule has 3 N–H and O–H groups in total. The first kappa shape index (κ1) is 25.6. The predicted octanol–water partition coefficient (Wildman–Crippen LogP) is 3.24. The quantitative estimate of drug-likeness (QED) is 0.443. The van der Waals surface area contributed by atoms with Gasteiger partial charge >= 0.3 is 12.1 Å². The van der Waals surface area contributed by atoms with Crippen LogP contribution in [0.5, 0.6) is 0 Å². The van der Waals surface area contributed by atoms with Crippen LogP contribution in [0.2, 0.25) is 0 Å². The summed E-state index contributed by atoms with van der Waals surface area (Å²) in [6, 6.07) is 11.9. The number of pyridine rings is 2. The van der Waals surface area contributed by atoms with Gasteiger partial charge < -0.3 is 15.3 Å². The molecule has 0 bridgehead atoms. The molecular weight excluding hydrogens is 543 g/mol. The Hall–Kier alpha value is -2.97. The monoisotopic (exact) mass is 561 g/mol. The number of aliphatic carboxylic acids is 1. The zero-order valence-electron chi connectivity index (χ0n) is 17.4. The fraction of sp³-hybridized carbons (Fsp3) is 0.250. The molecule has 3 aromatic rings. The zero-order chi connectivity index (χ0) is 24.9. The van der Waals surface area contributed by atoms with Crippen molar-refractivity contribution in [3.05, 3.63) is 53.1 Å². The summed E-state index contributed by atoms with van der Waals surface area (Å²) in [4.78, 5) is 20.3. The molecule has 34 heavy (non-hydrogen) atoms. The molecule has 1 aliphatic heterocycles. The standard InChI is InChI=1S/C18H18BrN5O2S.C2HF3O2/c19-14-3-5-15(6-4-14)27(25,26)23-16-12-13-2-1-7-21-17(13)18(22-16)24-10-8-20-9-11-24;3-2(4,5)1(6)7/h1-7,12,20H,8-11H2,(H,22,23);(H,6,7). The highest BCUT2D eigenvalue weighted by Gasteiger charge is 2.38. The summed E-state index contributed by atoms with van der Waals surface area (Å²) in [5.74, 6) is -1.78. The molecule has 1 aromatic carbocycles. The van der Waals surface area contributed by atoms with Crippen molar-refractivity contribution in [1.29, 1.82) is 0 Å². The summed E-state index contributed by atoms with van der Waals surface area (Å²) in [5.41, 5.74) is 0.769. The number of hydrogen-bond acceptors (Lipinski definition) is 7. The van der Waals surface area contributed by atoms with Crippen LogP contribution in [0.15, 0.2) is 58.0 Å². The van der Waals surface area contributed by atoms with Crippen molar-refractivity contribution in [2.75, 3.05) is 35.8 Å². The van der Waals surface area contributed by atoms with Gasteiger partial charge in [0, 0.05) is 42.2 Å². The molecule has 9 nitrogen and oxygen atoms in total. The molecule has 0 aliphatic carbocycles. The second-order valence-electron chi connectivity index (χ2n) is 7.01. The first-order valence-corrected chi connectivity index (χ1v) is 12.0. The number of fused-ring (bicyclic) bond motifs is 1. The summed E-state index contributed by atoms with van der Waals surface area (Å²) < 4.78 is 60.6. The van der Waals surface area contributed by atoms with Crippen molar-refractivity contribution in [1.82, 2.24) is 15.3 Å². The number of benzene rings is 1. The van der Waals surface area contributed by atoms with Crippen LogP contribution in [-0.2, 0) is 14.8 Å². The lowest BCUT2D eigenvalue weighted by Gasteiger charge is -2.29. The Morgan fingerprint density at radius 2 is 1.76 bits per heavy atom. The average Bonchev–Trinajstić information content (AvgIpc) is 2.79. The molecule has 182 valence electrons. The lowest BCUT2D eigenvalue weighted by molar-refractivity contribution is -0.192. The van der Waals surface area contributed by atoms with Gasteiger partial charge in [-0.1, -0.05) is 22.0 Å². The number of nitrogens with zero attached hydrogens (tertiary/aromatic N) is 3. The number of alkyl halides is 3. The summed E-state index contributed by atoms with van der Waals surface area (Å²) in [5, 5.41) is 11.3. The maximum absolute atomic E-state index is 12.7. The van der Waals surface area contributed by atoms with Gasteiger partial charge in [-0.15, -0.1) is 0 Å². The number of hydrogen-bond donors (Lipinski definition) is 3. The summed E-state index contributed by atoms with van der Waals surface area (Å²) >= 11 is 3.31. The van der Waals surface area contributed by atoms with Crippen molar-refractivity contribution in [3.8, 4) is 0 Å². The highest BCUT2D eigenvalue weighted by molar-refractivity contribution is 9.10. The van der Waals surface area contributed by atoms with Crippen LogP contribution >= 0.6 is 15.9 Å². The Kier molecular flexibility index (Phi) is 7.94. The number of aromatic nitrogens is 2. The SMILES string of the molecule is O=C(O)C(F)(F)F.O=S(=O)(Nc1cc2cccnc2c(N2CCNCC2)n1)c1ccc(Br)cc1. The van der Waals surface area contributed by atoms with Crippen LogP contribution in [0.3, 0.4) is 0 Å². The van der Waals surface area contributed by atoms with Gasteiger partial charge in [0.15, 0.2) is 5.82 Å². The van der Waals surface area contributed by atoms with E-state index in [0.717, 1.165) is 41.6 Å². The number of anilines is 2. The smallest absolute Gasteiger partial charge is 0.475 e. The Bertz CT molecular complexity index is 1270. The number of carbonyl (C=O) groups is 1. The maximum atomic E-state index is 12.7. The normalized spacial score (nSPS) is 14.3. The molecule has 14 heteroatoms. The van der Waals surface area contributed by atoms with Gasteiger partial charge in [0.2, 0.25) is 0 Å². The number of nitrogens with one attached hydrogen (secondary N) is 2. The van der Waals surface area contributed by atoms with Gasteiger partial charge in [0.1, 0.15) is 11.3 Å². The minimum absolute atomic E-state index is 0.183. The van der Waals surface area contributed by atoms with Crippen molar-refractivity contribution < 1.29 is 31.5 Å². The van der Waals surface area contributed by atoms with E-state index < -0.39 is 22.2 Å². The molecule has 0 amide bonds. The third-order valence-electron chi connectivity index (χ3n) is 4.59. The Morgan fingerprint density at radius 1 is 1.15 bits per heavy atom. The lowest BCUT2D eigenvalue weighted by atomic mass is 10.2. The van der Waals surface area contributed by atoms with Gasteiger partial charge in [0.05, 0.1) is 4.90 Å². The molecule has 1 aliphatic rings. The van der Waals surface area contributed by atoms with E-state index in [1.165, 1.54) is 0 Å². The van der Waals surface area contributed by atoms with Crippen LogP contribution in [0.1, 0.15) is 0 Å². The summed E-state index contributed by atoms with van der Waals surface area (Å²) in [7, 11) is -3.73. The molecule has 0 saturated carbocycles. The number of sulfonamides is 1. The minimum atomic E-state index is -5.08. The van der Waals surface area contributed by atoms with Crippen molar-refractivity contribution in [3.63, 3.8) is 0 Å². The Labute approximate surface area is 201 Å². The topological polar surface area (TPSA) is 125 Å². The van der Waals surface area contributed by atoms with Crippen molar-refractivity contribution in [2.24, 2.45) is 0 Å². The van der Waals surface area contributed by atoms with Crippen molar-refractivity contribution in [2.45, 2.75) is 11.1 Å². The van der Waals surface area contributed by atoms with Gasteiger partial charge in [0.25, 0.3) is 10.0 Å². The maximum Gasteiger partial charge on any atom is 0.490 e. The lowest BCUT2D eigenvalue weighted by Crippen LogP contribution is -2.44. The van der Waals surface area contributed by atoms with Gasteiger partial charge in [-0.3, -0.25) is 9.71 Å². The van der Waals surface area contributed by atoms with Crippen LogP contribution < -0.4 is 14.9 Å². The van der Waals surface area contributed by atoms with Crippen LogP contribution in [-0.4, -0.2) is 61.8 Å². The molecular formula is C20H19BrF3N5O4S. The second kappa shape index (κ2) is 10.5. The molecule has 0 atom stereocenters. The fourth-order valence-electron chi connectivity index (χ4n) is 3.03. The summed E-state index contributed by atoms with van der Waals surface area (Å²) in [6.07, 6.45) is -3.36. The van der Waals surface area contributed by atoms with E-state index in [-0.39, 0.29) is 10.7 Å².